The summed E-state index contributed by atoms with van der Waals surface area (Å²) < 4.78 is 28.3. The predicted octanol–water partition coefficient (Wildman–Crippen LogP) is 1.92. The number of rotatable bonds is 5. The van der Waals surface area contributed by atoms with E-state index in [1.807, 2.05) is 32.3 Å². The molecule has 2 heterocycles. The Hall–Kier alpha value is -2.01. The minimum absolute atomic E-state index is 0.334. The highest BCUT2D eigenvalue weighted by Gasteiger charge is 2.22. The minimum Gasteiger partial charge on any atom is -0.447 e. The van der Waals surface area contributed by atoms with Crippen LogP contribution in [0.4, 0.5) is 4.79 Å². The molecule has 1 atom stereocenters. The van der Waals surface area contributed by atoms with Gasteiger partial charge in [-0.05, 0) is 50.2 Å². The third kappa shape index (κ3) is 3.19. The summed E-state index contributed by atoms with van der Waals surface area (Å²) in [4.78, 5) is 16.4. The lowest BCUT2D eigenvalue weighted by Gasteiger charge is -2.09. The van der Waals surface area contributed by atoms with Crippen LogP contribution < -0.4 is 5.32 Å². The number of nitrogens with one attached hydrogen (secondary N) is 2. The molecule has 1 aromatic carbocycles. The van der Waals surface area contributed by atoms with Crippen molar-refractivity contribution in [3.8, 4) is 0 Å². The van der Waals surface area contributed by atoms with Crippen molar-refractivity contribution in [1.29, 1.82) is 0 Å². The van der Waals surface area contributed by atoms with Crippen LogP contribution in [-0.2, 0) is 17.6 Å². The van der Waals surface area contributed by atoms with Crippen LogP contribution in [0, 0.1) is 0 Å². The number of fused-ring (bicyclic) bond motifs is 1. The molecule has 1 fully saturated rings. The zero-order chi connectivity index (χ0) is 17.5. The molecule has 2 N–H and O–H groups in total. The summed E-state index contributed by atoms with van der Waals surface area (Å²) in [5.41, 5.74) is 2.75. The number of nitrogens with zero attached hydrogens (tertiary/aromatic N) is 1. The molecule has 5 nitrogen and oxygen atoms in total. The normalized spacial score (nSPS) is 22.7. The van der Waals surface area contributed by atoms with Gasteiger partial charge in [-0.25, -0.2) is 4.79 Å². The Balaban J connectivity index is 1.87. The number of aromatic amines is 1. The monoisotopic (exact) mass is 290 g/mol. The van der Waals surface area contributed by atoms with E-state index in [-0.39, 0.29) is 0 Å². The molecule has 1 saturated heterocycles. The van der Waals surface area contributed by atoms with Crippen molar-refractivity contribution in [3.63, 3.8) is 0 Å². The molecule has 1 aliphatic heterocycles. The van der Waals surface area contributed by atoms with E-state index in [9.17, 15) is 4.79 Å². The molecule has 0 unspecified atom stereocenters. The highest BCUT2D eigenvalue weighted by Crippen LogP contribution is 2.21. The molecule has 0 saturated carbocycles. The van der Waals surface area contributed by atoms with Crippen LogP contribution in [0.25, 0.3) is 10.9 Å². The zero-order valence-electron chi connectivity index (χ0n) is 15.2. The van der Waals surface area contributed by atoms with Crippen LogP contribution in [0.1, 0.15) is 15.2 Å². The van der Waals surface area contributed by atoms with Gasteiger partial charge in [0.25, 0.3) is 0 Å². The molecule has 1 aliphatic rings. The number of hydrogen-bond acceptors (Lipinski definition) is 3. The number of likely N-dealkylation sites (N-methyl/N-ethyl adjacent to an activating group) is 1. The van der Waals surface area contributed by atoms with E-state index in [2.05, 4.69) is 19.9 Å². The van der Waals surface area contributed by atoms with Crippen molar-refractivity contribution >= 4 is 17.0 Å². The Morgan fingerprint density at radius 3 is 3.10 bits per heavy atom. The maximum Gasteiger partial charge on any atom is 0.407 e. The number of alkyl carbamates (subject to hydrolysis) is 1. The number of hydrogen-bond donors (Lipinski definition) is 2. The Labute approximate surface area is 128 Å². The van der Waals surface area contributed by atoms with Crippen LogP contribution >= 0.6 is 0 Å². The standard InChI is InChI=1S/C16H21N3O2/c1-19(2)6-5-12-9-17-15-4-3-11(8-14(12)15)7-13-10-21-16(20)18-13/h3-4,8-9,13,17H,5-7,10H2,1-2H3,(H,18,20)/t13-/m0/s1/i9D,10D2. The Kier molecular flexibility index (Phi) is 2.94. The first-order valence-electron chi connectivity index (χ1n) is 8.50. The van der Waals surface area contributed by atoms with Crippen molar-refractivity contribution in [2.45, 2.75) is 18.9 Å². The molecular weight excluding hydrogens is 266 g/mol. The number of carbonyl (C=O) groups excluding carboxylic acids is 1. The molecule has 112 valence electrons. The number of benzene rings is 1. The van der Waals surface area contributed by atoms with Gasteiger partial charge in [0, 0.05) is 23.6 Å². The average Bonchev–Trinajstić information content (AvgIpc) is 2.91. The molecule has 0 radical (unpaired) electrons. The molecule has 1 aromatic heterocycles. The number of ether oxygens (including phenoxy) is 1. The third-order valence-corrected chi connectivity index (χ3v) is 3.59. The Morgan fingerprint density at radius 1 is 1.52 bits per heavy atom. The van der Waals surface area contributed by atoms with Crippen LogP contribution in [0.3, 0.4) is 0 Å². The van der Waals surface area contributed by atoms with E-state index in [0.29, 0.717) is 12.6 Å². The topological polar surface area (TPSA) is 57.4 Å². The van der Waals surface area contributed by atoms with E-state index < -0.39 is 18.7 Å². The fourth-order valence-electron chi connectivity index (χ4n) is 2.47. The summed E-state index contributed by atoms with van der Waals surface area (Å²) in [7, 11) is 3.99. The fourth-order valence-corrected chi connectivity index (χ4v) is 2.47. The molecular formula is C16H21N3O2. The molecule has 1 amide bonds. The van der Waals surface area contributed by atoms with Gasteiger partial charge < -0.3 is 19.9 Å². The van der Waals surface area contributed by atoms with Gasteiger partial charge >= 0.3 is 6.09 Å². The summed E-state index contributed by atoms with van der Waals surface area (Å²) in [5, 5.41) is 3.49. The second-order valence-corrected chi connectivity index (χ2v) is 5.57. The first kappa shape index (κ1) is 10.7. The number of cyclic esters (lactones) is 1. The molecule has 0 aliphatic carbocycles. The molecule has 3 rings (SSSR count). The van der Waals surface area contributed by atoms with Crippen LogP contribution in [0.5, 0.6) is 0 Å². The molecule has 0 spiro atoms. The van der Waals surface area contributed by atoms with Gasteiger partial charge in [-0.15, -0.1) is 0 Å². The summed E-state index contributed by atoms with van der Waals surface area (Å²) in [6, 6.07) is 5.03. The fraction of sp³-hybridized carbons (Fsp3) is 0.438. The van der Waals surface area contributed by atoms with Gasteiger partial charge in [0.2, 0.25) is 0 Å². The zero-order valence-corrected chi connectivity index (χ0v) is 12.2. The van der Waals surface area contributed by atoms with E-state index in [0.717, 1.165) is 35.0 Å². The summed E-state index contributed by atoms with van der Waals surface area (Å²) in [6.07, 6.45) is 0.782. The summed E-state index contributed by atoms with van der Waals surface area (Å²) >= 11 is 0. The minimum atomic E-state index is -2.02. The van der Waals surface area contributed by atoms with Gasteiger partial charge in [0.1, 0.15) is 6.56 Å². The van der Waals surface area contributed by atoms with Gasteiger partial charge in [-0.1, -0.05) is 6.07 Å². The molecule has 0 bridgehead atoms. The van der Waals surface area contributed by atoms with E-state index in [1.54, 1.807) is 0 Å². The second-order valence-electron chi connectivity index (χ2n) is 5.57. The molecule has 21 heavy (non-hydrogen) atoms. The smallest absolute Gasteiger partial charge is 0.407 e. The van der Waals surface area contributed by atoms with Crippen LogP contribution in [0.15, 0.2) is 24.4 Å². The van der Waals surface area contributed by atoms with Gasteiger partial charge in [-0.3, -0.25) is 0 Å². The van der Waals surface area contributed by atoms with Crippen LogP contribution in [-0.4, -0.2) is 49.2 Å². The number of aromatic nitrogens is 1. The Bertz CT molecular complexity index is 773. The van der Waals surface area contributed by atoms with E-state index in [4.69, 9.17) is 4.11 Å². The largest absolute Gasteiger partial charge is 0.447 e. The van der Waals surface area contributed by atoms with Gasteiger partial charge in [-0.2, -0.15) is 0 Å². The lowest BCUT2D eigenvalue weighted by molar-refractivity contribution is 0.177. The average molecular weight is 290 g/mol. The first-order chi connectivity index (χ1) is 11.3. The summed E-state index contributed by atoms with van der Waals surface area (Å²) in [5.74, 6) is 0. The highest BCUT2D eigenvalue weighted by molar-refractivity contribution is 5.84. The van der Waals surface area contributed by atoms with Gasteiger partial charge in [0.15, 0.2) is 0 Å². The third-order valence-electron chi connectivity index (χ3n) is 3.59. The molecule has 2 aromatic rings. The van der Waals surface area contributed by atoms with Gasteiger partial charge in [0.05, 0.1) is 10.2 Å². The second kappa shape index (κ2) is 5.77. The van der Waals surface area contributed by atoms with Crippen molar-refractivity contribution in [2.24, 2.45) is 0 Å². The maximum absolute atomic E-state index is 11.3. The SMILES string of the molecule is [2H]c1[nH]c2ccc(C[C@@H]3NC(=O)OC3([2H])[2H])cc2c1CCN(C)C. The van der Waals surface area contributed by atoms with Crippen molar-refractivity contribution in [2.75, 3.05) is 27.2 Å². The lowest BCUT2D eigenvalue weighted by Crippen LogP contribution is -2.28. The van der Waals surface area contributed by atoms with Crippen LogP contribution in [0.2, 0.25) is 0 Å². The van der Waals surface area contributed by atoms with E-state index in [1.165, 1.54) is 0 Å². The summed E-state index contributed by atoms with van der Waals surface area (Å²) in [6.45, 7) is -1.17. The predicted molar refractivity (Wildman–Crippen MR) is 82.5 cm³/mol. The van der Waals surface area contributed by atoms with Crippen molar-refractivity contribution in [3.05, 3.63) is 35.5 Å². The van der Waals surface area contributed by atoms with Crippen molar-refractivity contribution in [1.82, 2.24) is 15.2 Å². The first-order valence-corrected chi connectivity index (χ1v) is 7.00. The Morgan fingerprint density at radius 2 is 2.38 bits per heavy atom. The lowest BCUT2D eigenvalue weighted by atomic mass is 10.0. The number of amides is 1. The quantitative estimate of drug-likeness (QED) is 0.884. The van der Waals surface area contributed by atoms with Crippen molar-refractivity contribution < 1.29 is 13.6 Å². The number of carbonyl (C=O) groups is 1. The maximum atomic E-state index is 11.3. The number of H-pyrrole nitrogens is 1. The highest BCUT2D eigenvalue weighted by atomic mass is 16.6. The molecule has 5 heteroatoms. The van der Waals surface area contributed by atoms with E-state index >= 15 is 0 Å².